The molecule has 0 spiro atoms. The molecule has 1 N–H and O–H groups in total. The first-order valence-corrected chi connectivity index (χ1v) is 6.50. The minimum Gasteiger partial charge on any atom is -0.321 e. The zero-order chi connectivity index (χ0) is 13.2. The van der Waals surface area contributed by atoms with Crippen LogP contribution < -0.4 is 5.32 Å². The number of nitrogens with zero attached hydrogens (tertiary/aromatic N) is 3. The van der Waals surface area contributed by atoms with Crippen LogP contribution in [-0.4, -0.2) is 20.2 Å². The van der Waals surface area contributed by atoms with Crippen LogP contribution in [0.4, 0.5) is 5.69 Å². The summed E-state index contributed by atoms with van der Waals surface area (Å²) >= 11 is 7.28. The molecule has 1 amide bonds. The summed E-state index contributed by atoms with van der Waals surface area (Å²) in [7, 11) is 0. The molecule has 1 aromatic carbocycles. The van der Waals surface area contributed by atoms with E-state index in [0.717, 1.165) is 10.1 Å². The van der Waals surface area contributed by atoms with Gasteiger partial charge in [-0.3, -0.25) is 4.79 Å². The lowest BCUT2D eigenvalue weighted by Gasteiger charge is -2.05. The third-order valence-corrected chi connectivity index (χ3v) is 3.55. The van der Waals surface area contributed by atoms with Crippen LogP contribution in [0.1, 0.15) is 10.5 Å². The van der Waals surface area contributed by atoms with Gasteiger partial charge in [0.1, 0.15) is 12.0 Å². The molecule has 94 valence electrons. The van der Waals surface area contributed by atoms with Gasteiger partial charge in [0.2, 0.25) is 0 Å². The molecule has 0 aliphatic rings. The van der Waals surface area contributed by atoms with Crippen molar-refractivity contribution in [1.29, 1.82) is 0 Å². The first-order valence-electron chi connectivity index (χ1n) is 5.35. The van der Waals surface area contributed by atoms with Gasteiger partial charge in [0.05, 0.1) is 9.72 Å². The Balaban J connectivity index is 1.88. The van der Waals surface area contributed by atoms with E-state index in [9.17, 15) is 4.79 Å². The Morgan fingerprint density at radius 2 is 2.21 bits per heavy atom. The molecular weight excluding hydrogens is 284 g/mol. The normalized spacial score (nSPS) is 10.6. The number of nitrogens with one attached hydrogen (secondary N) is 1. The molecular formula is C12H7ClN4OS. The van der Waals surface area contributed by atoms with Crippen molar-refractivity contribution in [1.82, 2.24) is 14.3 Å². The van der Waals surface area contributed by atoms with Crippen LogP contribution in [-0.2, 0) is 0 Å². The Morgan fingerprint density at radius 3 is 3.05 bits per heavy atom. The van der Waals surface area contributed by atoms with Gasteiger partial charge in [0.25, 0.3) is 5.91 Å². The van der Waals surface area contributed by atoms with E-state index in [2.05, 4.69) is 19.7 Å². The Labute approximate surface area is 117 Å². The number of amides is 1. The summed E-state index contributed by atoms with van der Waals surface area (Å²) < 4.78 is 5.15. The number of benzene rings is 1. The van der Waals surface area contributed by atoms with Crippen LogP contribution in [0.3, 0.4) is 0 Å². The molecule has 2 heterocycles. The van der Waals surface area contributed by atoms with Crippen LogP contribution in [0, 0.1) is 0 Å². The number of carbonyl (C=O) groups is 1. The number of anilines is 1. The summed E-state index contributed by atoms with van der Waals surface area (Å²) in [5, 5.41) is 3.95. The number of fused-ring (bicyclic) bond motifs is 1. The van der Waals surface area contributed by atoms with Crippen molar-refractivity contribution in [3.05, 3.63) is 47.6 Å². The highest BCUT2D eigenvalue weighted by Gasteiger charge is 2.12. The molecule has 0 saturated carbocycles. The van der Waals surface area contributed by atoms with Crippen LogP contribution in [0.25, 0.3) is 10.1 Å². The van der Waals surface area contributed by atoms with Gasteiger partial charge in [-0.15, -0.1) is 0 Å². The second kappa shape index (κ2) is 4.91. The monoisotopic (exact) mass is 290 g/mol. The maximum Gasteiger partial charge on any atom is 0.275 e. The minimum absolute atomic E-state index is 0.153. The van der Waals surface area contributed by atoms with E-state index < -0.39 is 0 Å². The summed E-state index contributed by atoms with van der Waals surface area (Å²) in [4.78, 5) is 19.6. The third kappa shape index (κ3) is 2.40. The summed E-state index contributed by atoms with van der Waals surface area (Å²) in [6.07, 6.45) is 4.43. The van der Waals surface area contributed by atoms with Gasteiger partial charge in [-0.25, -0.2) is 9.97 Å². The fourth-order valence-corrected chi connectivity index (χ4v) is 2.44. The van der Waals surface area contributed by atoms with Gasteiger partial charge >= 0.3 is 0 Å². The van der Waals surface area contributed by atoms with E-state index in [1.165, 1.54) is 24.1 Å². The van der Waals surface area contributed by atoms with Gasteiger partial charge in [-0.2, -0.15) is 4.37 Å². The molecule has 19 heavy (non-hydrogen) atoms. The molecule has 0 unspecified atom stereocenters. The quantitative estimate of drug-likeness (QED) is 0.788. The van der Waals surface area contributed by atoms with Crippen molar-refractivity contribution >= 4 is 44.8 Å². The predicted molar refractivity (Wildman–Crippen MR) is 74.6 cm³/mol. The van der Waals surface area contributed by atoms with Crippen molar-refractivity contribution in [3.63, 3.8) is 0 Å². The summed E-state index contributed by atoms with van der Waals surface area (Å²) in [5.41, 5.74) is 0.826. The van der Waals surface area contributed by atoms with Crippen LogP contribution in [0.5, 0.6) is 0 Å². The number of aromatic nitrogens is 3. The molecule has 0 radical (unpaired) electrons. The molecule has 0 aliphatic heterocycles. The molecule has 0 bridgehead atoms. The second-order valence-electron chi connectivity index (χ2n) is 3.75. The summed E-state index contributed by atoms with van der Waals surface area (Å²) in [6.45, 7) is 0. The maximum absolute atomic E-state index is 12.0. The Morgan fingerprint density at radius 1 is 1.32 bits per heavy atom. The van der Waals surface area contributed by atoms with E-state index in [1.54, 1.807) is 6.20 Å². The largest absolute Gasteiger partial charge is 0.321 e. The lowest BCUT2D eigenvalue weighted by atomic mass is 10.2. The first-order chi connectivity index (χ1) is 9.24. The molecule has 3 rings (SSSR count). The Bertz CT molecular complexity index is 758. The average Bonchev–Trinajstić information content (AvgIpc) is 2.86. The lowest BCUT2D eigenvalue weighted by Crippen LogP contribution is -2.14. The highest BCUT2D eigenvalue weighted by Crippen LogP contribution is 2.22. The average molecular weight is 291 g/mol. The van der Waals surface area contributed by atoms with E-state index in [4.69, 9.17) is 11.6 Å². The Hall–Kier alpha value is -2.05. The molecule has 3 aromatic rings. The summed E-state index contributed by atoms with van der Waals surface area (Å²) in [6, 6.07) is 5.57. The van der Waals surface area contributed by atoms with Crippen LogP contribution >= 0.6 is 23.1 Å². The van der Waals surface area contributed by atoms with Crippen molar-refractivity contribution < 1.29 is 4.79 Å². The molecule has 0 aliphatic carbocycles. The molecule has 0 fully saturated rings. The van der Waals surface area contributed by atoms with E-state index >= 15 is 0 Å². The number of carbonyl (C=O) groups excluding carboxylic acids is 1. The standard InChI is InChI=1S/C12H7ClN4OS/c13-9-5-14-6-15-11(9)12(18)17-8-1-2-10-7(3-8)4-16-19-10/h1-6H,(H,17,18). The topological polar surface area (TPSA) is 67.8 Å². The molecule has 0 saturated heterocycles. The van der Waals surface area contributed by atoms with Crippen LogP contribution in [0.15, 0.2) is 36.9 Å². The number of hydrogen-bond donors (Lipinski definition) is 1. The third-order valence-electron chi connectivity index (χ3n) is 2.49. The zero-order valence-electron chi connectivity index (χ0n) is 9.50. The molecule has 5 nitrogen and oxygen atoms in total. The first kappa shape index (κ1) is 12.0. The Kier molecular flexibility index (Phi) is 3.10. The molecule has 2 aromatic heterocycles. The highest BCUT2D eigenvalue weighted by molar-refractivity contribution is 7.13. The minimum atomic E-state index is -0.366. The van der Waals surface area contributed by atoms with Crippen molar-refractivity contribution in [3.8, 4) is 0 Å². The lowest BCUT2D eigenvalue weighted by molar-refractivity contribution is 0.102. The molecule has 0 atom stereocenters. The van der Waals surface area contributed by atoms with E-state index in [0.29, 0.717) is 5.69 Å². The van der Waals surface area contributed by atoms with Gasteiger partial charge in [-0.1, -0.05) is 11.6 Å². The van der Waals surface area contributed by atoms with Crippen molar-refractivity contribution in [2.45, 2.75) is 0 Å². The van der Waals surface area contributed by atoms with Crippen molar-refractivity contribution in [2.24, 2.45) is 0 Å². The van der Waals surface area contributed by atoms with Gasteiger partial charge in [0, 0.05) is 23.5 Å². The van der Waals surface area contributed by atoms with E-state index in [-0.39, 0.29) is 16.6 Å². The fraction of sp³-hybridized carbons (Fsp3) is 0. The maximum atomic E-state index is 12.0. The van der Waals surface area contributed by atoms with Gasteiger partial charge in [-0.05, 0) is 29.7 Å². The smallest absolute Gasteiger partial charge is 0.275 e. The fourth-order valence-electron chi connectivity index (χ4n) is 1.62. The van der Waals surface area contributed by atoms with E-state index in [1.807, 2.05) is 18.2 Å². The summed E-state index contributed by atoms with van der Waals surface area (Å²) in [5.74, 6) is -0.366. The van der Waals surface area contributed by atoms with Crippen LogP contribution in [0.2, 0.25) is 5.02 Å². The highest BCUT2D eigenvalue weighted by atomic mass is 35.5. The van der Waals surface area contributed by atoms with Crippen molar-refractivity contribution in [2.75, 3.05) is 5.32 Å². The predicted octanol–water partition coefficient (Wildman–Crippen LogP) is 2.99. The number of halogens is 1. The SMILES string of the molecule is O=C(Nc1ccc2sncc2c1)c1ncncc1Cl. The number of rotatable bonds is 2. The molecule has 7 heteroatoms. The second-order valence-corrected chi connectivity index (χ2v) is 4.99. The van der Waals surface area contributed by atoms with Gasteiger partial charge in [0.15, 0.2) is 0 Å². The number of hydrogen-bond acceptors (Lipinski definition) is 5. The van der Waals surface area contributed by atoms with Gasteiger partial charge < -0.3 is 5.32 Å². The zero-order valence-corrected chi connectivity index (χ0v) is 11.1.